The number of methoxy groups -OCH3 is 2. The SMILES string of the molecule is COc1ccc(C(=O)OOC2CCCC2)c(OC)c1. The van der Waals surface area contributed by atoms with Crippen LogP contribution >= 0.6 is 0 Å². The maximum Gasteiger partial charge on any atom is 0.376 e. The van der Waals surface area contributed by atoms with E-state index in [1.54, 1.807) is 25.3 Å². The predicted octanol–water partition coefficient (Wildman–Crippen LogP) is 2.73. The van der Waals surface area contributed by atoms with Gasteiger partial charge in [-0.05, 0) is 25.0 Å². The fourth-order valence-electron chi connectivity index (χ4n) is 2.11. The number of hydrogen-bond acceptors (Lipinski definition) is 5. The Labute approximate surface area is 112 Å². The molecule has 0 N–H and O–H groups in total. The maximum absolute atomic E-state index is 11.9. The first-order valence-electron chi connectivity index (χ1n) is 6.34. The van der Waals surface area contributed by atoms with Gasteiger partial charge in [-0.25, -0.2) is 4.79 Å². The van der Waals surface area contributed by atoms with Crippen LogP contribution in [0, 0.1) is 0 Å². The first-order chi connectivity index (χ1) is 9.24. The third-order valence-corrected chi connectivity index (χ3v) is 3.19. The van der Waals surface area contributed by atoms with Gasteiger partial charge in [0.1, 0.15) is 23.2 Å². The van der Waals surface area contributed by atoms with Crippen molar-refractivity contribution in [2.24, 2.45) is 0 Å². The Bertz CT molecular complexity index is 437. The number of rotatable bonds is 5. The zero-order chi connectivity index (χ0) is 13.7. The van der Waals surface area contributed by atoms with Gasteiger partial charge in [-0.1, -0.05) is 12.8 Å². The van der Waals surface area contributed by atoms with Gasteiger partial charge < -0.3 is 9.47 Å². The Kier molecular flexibility index (Phi) is 4.63. The quantitative estimate of drug-likeness (QED) is 0.606. The van der Waals surface area contributed by atoms with Crippen molar-refractivity contribution < 1.29 is 24.0 Å². The van der Waals surface area contributed by atoms with Gasteiger partial charge in [-0.3, -0.25) is 4.89 Å². The topological polar surface area (TPSA) is 54.0 Å². The molecule has 0 saturated heterocycles. The Hall–Kier alpha value is -1.75. The third-order valence-electron chi connectivity index (χ3n) is 3.19. The first kappa shape index (κ1) is 13.7. The molecule has 1 aliphatic carbocycles. The van der Waals surface area contributed by atoms with Gasteiger partial charge in [0.25, 0.3) is 0 Å². The normalized spacial score (nSPS) is 15.3. The van der Waals surface area contributed by atoms with E-state index in [-0.39, 0.29) is 6.10 Å². The van der Waals surface area contributed by atoms with Gasteiger partial charge in [0.15, 0.2) is 0 Å². The van der Waals surface area contributed by atoms with Gasteiger partial charge >= 0.3 is 5.97 Å². The lowest BCUT2D eigenvalue weighted by Crippen LogP contribution is -2.14. The van der Waals surface area contributed by atoms with Crippen LogP contribution in [0.25, 0.3) is 0 Å². The summed E-state index contributed by atoms with van der Waals surface area (Å²) in [5.41, 5.74) is 0.321. The van der Waals surface area contributed by atoms with Crippen molar-refractivity contribution in [1.29, 1.82) is 0 Å². The van der Waals surface area contributed by atoms with Crippen molar-refractivity contribution in [2.75, 3.05) is 14.2 Å². The first-order valence-corrected chi connectivity index (χ1v) is 6.34. The van der Waals surface area contributed by atoms with Crippen molar-refractivity contribution in [3.8, 4) is 11.5 Å². The molecule has 0 aliphatic heterocycles. The second-order valence-corrected chi connectivity index (χ2v) is 4.44. The van der Waals surface area contributed by atoms with Crippen molar-refractivity contribution in [3.05, 3.63) is 23.8 Å². The monoisotopic (exact) mass is 266 g/mol. The summed E-state index contributed by atoms with van der Waals surface area (Å²) >= 11 is 0. The van der Waals surface area contributed by atoms with Crippen LogP contribution in [0.15, 0.2) is 18.2 Å². The second kappa shape index (κ2) is 6.43. The zero-order valence-electron chi connectivity index (χ0n) is 11.2. The third kappa shape index (κ3) is 3.38. The number of hydrogen-bond donors (Lipinski definition) is 0. The fraction of sp³-hybridized carbons (Fsp3) is 0.500. The minimum atomic E-state index is -0.550. The molecule has 5 heteroatoms. The Balaban J connectivity index is 2.01. The minimum Gasteiger partial charge on any atom is -0.497 e. The molecule has 0 amide bonds. The molecule has 5 nitrogen and oxygen atoms in total. The van der Waals surface area contributed by atoms with Crippen molar-refractivity contribution >= 4 is 5.97 Å². The van der Waals surface area contributed by atoms with E-state index in [0.29, 0.717) is 17.1 Å². The summed E-state index contributed by atoms with van der Waals surface area (Å²) in [6, 6.07) is 4.90. The van der Waals surface area contributed by atoms with Crippen LogP contribution in [0.4, 0.5) is 0 Å². The lowest BCUT2D eigenvalue weighted by Gasteiger charge is -2.11. The van der Waals surface area contributed by atoms with Crippen LogP contribution in [0.1, 0.15) is 36.0 Å². The second-order valence-electron chi connectivity index (χ2n) is 4.44. The lowest BCUT2D eigenvalue weighted by molar-refractivity contribution is -0.272. The summed E-state index contributed by atoms with van der Waals surface area (Å²) in [6.45, 7) is 0. The molecule has 0 aromatic heterocycles. The molecule has 2 rings (SSSR count). The van der Waals surface area contributed by atoms with Gasteiger partial charge in [0, 0.05) is 6.07 Å². The molecule has 104 valence electrons. The molecule has 0 spiro atoms. The van der Waals surface area contributed by atoms with E-state index in [1.807, 2.05) is 0 Å². The highest BCUT2D eigenvalue weighted by molar-refractivity contribution is 5.92. The van der Waals surface area contributed by atoms with Gasteiger partial charge in [-0.2, -0.15) is 4.89 Å². The summed E-state index contributed by atoms with van der Waals surface area (Å²) < 4.78 is 10.2. The molecule has 1 fully saturated rings. The summed E-state index contributed by atoms with van der Waals surface area (Å²) in [5.74, 6) is 0.468. The van der Waals surface area contributed by atoms with Gasteiger partial charge in [0.05, 0.1) is 14.2 Å². The number of carbonyl (C=O) groups excluding carboxylic acids is 1. The molecular weight excluding hydrogens is 248 g/mol. The molecule has 0 unspecified atom stereocenters. The van der Waals surface area contributed by atoms with Crippen LogP contribution in [-0.4, -0.2) is 26.3 Å². The van der Waals surface area contributed by atoms with Crippen LogP contribution in [0.2, 0.25) is 0 Å². The molecule has 0 radical (unpaired) electrons. The molecule has 1 saturated carbocycles. The maximum atomic E-state index is 11.9. The van der Waals surface area contributed by atoms with Gasteiger partial charge in [-0.15, -0.1) is 0 Å². The van der Waals surface area contributed by atoms with Crippen molar-refractivity contribution in [3.63, 3.8) is 0 Å². The van der Waals surface area contributed by atoms with Crippen LogP contribution < -0.4 is 9.47 Å². The highest BCUT2D eigenvalue weighted by Gasteiger charge is 2.21. The summed E-state index contributed by atoms with van der Waals surface area (Å²) in [5, 5.41) is 0. The van der Waals surface area contributed by atoms with E-state index in [2.05, 4.69) is 0 Å². The average molecular weight is 266 g/mol. The number of ether oxygens (including phenoxy) is 2. The zero-order valence-corrected chi connectivity index (χ0v) is 11.2. The molecule has 19 heavy (non-hydrogen) atoms. The van der Waals surface area contributed by atoms with E-state index in [4.69, 9.17) is 19.2 Å². The summed E-state index contributed by atoms with van der Waals surface area (Å²) in [7, 11) is 3.04. The van der Waals surface area contributed by atoms with Gasteiger partial charge in [0.2, 0.25) is 0 Å². The van der Waals surface area contributed by atoms with Crippen LogP contribution in [0.3, 0.4) is 0 Å². The molecular formula is C14H18O5. The standard InChI is InChI=1S/C14H18O5/c1-16-11-7-8-12(13(9-11)17-2)14(15)19-18-10-5-3-4-6-10/h7-10H,3-6H2,1-2H3. The molecule has 0 bridgehead atoms. The molecule has 1 aromatic rings. The Morgan fingerprint density at radius 3 is 2.53 bits per heavy atom. The van der Waals surface area contributed by atoms with Crippen molar-refractivity contribution in [1.82, 2.24) is 0 Å². The molecule has 0 atom stereocenters. The molecule has 1 aliphatic rings. The Morgan fingerprint density at radius 2 is 1.89 bits per heavy atom. The smallest absolute Gasteiger partial charge is 0.376 e. The van der Waals surface area contributed by atoms with E-state index >= 15 is 0 Å². The lowest BCUT2D eigenvalue weighted by atomic mass is 10.2. The fourth-order valence-corrected chi connectivity index (χ4v) is 2.11. The predicted molar refractivity (Wildman–Crippen MR) is 68.3 cm³/mol. The summed E-state index contributed by atoms with van der Waals surface area (Å²) in [4.78, 5) is 21.9. The highest BCUT2D eigenvalue weighted by atomic mass is 17.2. The minimum absolute atomic E-state index is 0.0215. The van der Waals surface area contributed by atoms with E-state index in [1.165, 1.54) is 7.11 Å². The van der Waals surface area contributed by atoms with E-state index < -0.39 is 5.97 Å². The van der Waals surface area contributed by atoms with Crippen LogP contribution in [0.5, 0.6) is 11.5 Å². The number of benzene rings is 1. The Morgan fingerprint density at radius 1 is 1.16 bits per heavy atom. The average Bonchev–Trinajstić information content (AvgIpc) is 2.97. The largest absolute Gasteiger partial charge is 0.497 e. The van der Waals surface area contributed by atoms with Crippen LogP contribution in [-0.2, 0) is 9.78 Å². The molecule has 0 heterocycles. The highest BCUT2D eigenvalue weighted by Crippen LogP contribution is 2.26. The number of carbonyl (C=O) groups is 1. The van der Waals surface area contributed by atoms with E-state index in [9.17, 15) is 4.79 Å². The molecule has 1 aromatic carbocycles. The van der Waals surface area contributed by atoms with E-state index in [0.717, 1.165) is 25.7 Å². The summed E-state index contributed by atoms with van der Waals surface area (Å²) in [6.07, 6.45) is 4.13. The van der Waals surface area contributed by atoms with Crippen molar-refractivity contribution in [2.45, 2.75) is 31.8 Å².